The van der Waals surface area contributed by atoms with Gasteiger partial charge in [-0.25, -0.2) is 0 Å². The number of ketones is 2. The molecule has 1 amide bonds. The van der Waals surface area contributed by atoms with E-state index in [1.165, 1.54) is 31.1 Å². The van der Waals surface area contributed by atoms with Crippen LogP contribution in [0.2, 0.25) is 5.02 Å². The average Bonchev–Trinajstić information content (AvgIpc) is 2.72. The van der Waals surface area contributed by atoms with Crippen LogP contribution in [0, 0.1) is 11.8 Å². The van der Waals surface area contributed by atoms with Crippen LogP contribution in [0.1, 0.15) is 14.0 Å². The molecule has 0 spiro atoms. The fourth-order valence-corrected chi connectivity index (χ4v) is 5.54. The number of nitrogens with zero attached hydrogens (tertiary/aromatic N) is 1. The number of halogens is 1. The maximum absolute atomic E-state index is 13.7. The third-order valence-electron chi connectivity index (χ3n) is 6.67. The van der Waals surface area contributed by atoms with Crippen LogP contribution in [-0.2, 0) is 14.4 Å². The maximum atomic E-state index is 13.7. The van der Waals surface area contributed by atoms with Crippen LogP contribution in [0.3, 0.4) is 0 Å². The molecule has 1 fully saturated rings. The van der Waals surface area contributed by atoms with Crippen LogP contribution in [0.4, 0.5) is 0 Å². The predicted molar refractivity (Wildman–Crippen MR) is 124 cm³/mol. The number of aliphatic hydroxyl groups is 4. The zero-order valence-electron chi connectivity index (χ0n) is 20.2. The van der Waals surface area contributed by atoms with Crippen molar-refractivity contribution in [1.82, 2.24) is 4.90 Å². The molecule has 4 rings (SSSR count). The molecular weight excluding hydrogens is 496 g/mol. The minimum atomic E-state index is -2.97. The molecule has 3 aliphatic rings. The number of hydrogen-bond donors (Lipinski definition) is 6. The summed E-state index contributed by atoms with van der Waals surface area (Å²) in [4.78, 5) is 39.9. The van der Waals surface area contributed by atoms with Crippen molar-refractivity contribution in [3.05, 3.63) is 51.8 Å². The van der Waals surface area contributed by atoms with Crippen molar-refractivity contribution < 1.29 is 42.8 Å². The van der Waals surface area contributed by atoms with Gasteiger partial charge in [0.25, 0.3) is 5.91 Å². The Kier molecular flexibility index (Phi) is 6.77. The number of phenols is 1. The number of phenolic OH excluding ortho intramolecular Hbond substituents is 1. The van der Waals surface area contributed by atoms with E-state index in [9.17, 15) is 39.9 Å². The van der Waals surface area contributed by atoms with Crippen molar-refractivity contribution in [2.45, 2.75) is 17.7 Å². The first-order valence-corrected chi connectivity index (χ1v) is 10.2. The van der Waals surface area contributed by atoms with Gasteiger partial charge in [0.2, 0.25) is 5.78 Å². The third-order valence-corrected chi connectivity index (χ3v) is 6.99. The van der Waals surface area contributed by atoms with Crippen molar-refractivity contribution in [3.8, 4) is 5.75 Å². The summed E-state index contributed by atoms with van der Waals surface area (Å²) >= 11 is 6.25. The summed E-state index contributed by atoms with van der Waals surface area (Å²) in [6.45, 7) is 3.89. The molecule has 0 saturated heterocycles. The van der Waals surface area contributed by atoms with Gasteiger partial charge < -0.3 is 34.1 Å². The molecule has 0 heterocycles. The summed E-state index contributed by atoms with van der Waals surface area (Å²) in [5, 5.41) is 55.0. The van der Waals surface area contributed by atoms with Crippen LogP contribution < -0.4 is 5.73 Å². The topological polar surface area (TPSA) is 182 Å². The molecule has 34 heavy (non-hydrogen) atoms. The largest absolute Gasteiger partial charge is 2.00 e. The minimum Gasteiger partial charge on any atom is -1.00 e. The molecule has 3 aliphatic carbocycles. The molecule has 10 nitrogen and oxygen atoms in total. The van der Waals surface area contributed by atoms with E-state index in [2.05, 4.69) is 6.58 Å². The number of carbonyl (C=O) groups excluding carboxylic acids is 3. The smallest absolute Gasteiger partial charge is 1.00 e. The van der Waals surface area contributed by atoms with Crippen molar-refractivity contribution in [1.29, 1.82) is 0 Å². The summed E-state index contributed by atoms with van der Waals surface area (Å²) in [5.41, 5.74) is 0.634. The number of fused-ring (bicyclic) bond motifs is 3. The van der Waals surface area contributed by atoms with Crippen LogP contribution in [-0.4, -0.2) is 117 Å². The van der Waals surface area contributed by atoms with Crippen molar-refractivity contribution >= 4 is 78.1 Å². The molecule has 0 unspecified atom stereocenters. The molecule has 0 aliphatic heterocycles. The van der Waals surface area contributed by atoms with E-state index in [0.29, 0.717) is 0 Å². The quantitative estimate of drug-likeness (QED) is 0.230. The van der Waals surface area contributed by atoms with E-state index in [-0.39, 0.29) is 62.3 Å². The number of hydrogen-bond acceptors (Lipinski definition) is 9. The summed E-state index contributed by atoms with van der Waals surface area (Å²) in [6.07, 6.45) is -1.75. The van der Waals surface area contributed by atoms with E-state index >= 15 is 0 Å². The zero-order chi connectivity index (χ0) is 24.7. The standard InChI is InChI=1S/C22H21ClN2O8.Ca.2H/c1-6-9-7(23)4-5-8(26)11(9)16(27)12-10(6)17(28)14-15(25(2)3)18(29)13(21(24)32)20(31)22(14,33)19(12)30;;;/h4-5,10,14-15,17,26-28,31,33H,1H2,2-3H3,(H2,24,32);;;/q;+2;2*-1/t10-,14+,15+,17+,22+;;;/m1.../s1. The van der Waals surface area contributed by atoms with E-state index in [0.717, 1.165) is 0 Å². The number of primary amides is 1. The zero-order valence-corrected chi connectivity index (χ0v) is 21.2. The number of nitrogens with two attached hydrogens (primary N) is 1. The molecule has 7 N–H and O–H groups in total. The van der Waals surface area contributed by atoms with Gasteiger partial charge >= 0.3 is 37.7 Å². The average molecular weight is 519 g/mol. The van der Waals surface area contributed by atoms with Gasteiger partial charge in [0, 0.05) is 16.5 Å². The fourth-order valence-electron chi connectivity index (χ4n) is 5.26. The van der Waals surface area contributed by atoms with Crippen LogP contribution in [0.5, 0.6) is 5.75 Å². The number of aliphatic hydroxyl groups excluding tert-OH is 3. The second kappa shape index (κ2) is 8.63. The van der Waals surface area contributed by atoms with Gasteiger partial charge in [-0.2, -0.15) is 0 Å². The molecule has 1 saturated carbocycles. The molecule has 0 bridgehead atoms. The Morgan fingerprint density at radius 1 is 1.21 bits per heavy atom. The summed E-state index contributed by atoms with van der Waals surface area (Å²) in [7, 11) is 2.84. The number of likely N-dealkylation sites (N-methyl/N-ethyl adjacent to an activating group) is 1. The third kappa shape index (κ3) is 3.21. The Bertz CT molecular complexity index is 1250. The number of carbonyl (C=O) groups is 3. The van der Waals surface area contributed by atoms with Gasteiger partial charge in [-0.15, -0.1) is 0 Å². The SMILES string of the molecule is C=C1c2c(Cl)ccc(O)c2C(O)=C2C(=O)[C@]3(O)C(O)=C(C(N)=O)C(=O)[C@@H](N(C)C)[C@H]3[C@@H](O)[C@H]12.[Ca+2].[H-].[H-]. The van der Waals surface area contributed by atoms with Crippen LogP contribution in [0.25, 0.3) is 11.3 Å². The Morgan fingerprint density at radius 3 is 2.32 bits per heavy atom. The van der Waals surface area contributed by atoms with E-state index in [1.54, 1.807) is 0 Å². The number of aromatic hydroxyl groups is 1. The Balaban J connectivity index is 0.00000216. The minimum absolute atomic E-state index is 0. The second-order valence-corrected chi connectivity index (χ2v) is 8.96. The summed E-state index contributed by atoms with van der Waals surface area (Å²) in [6, 6.07) is 1.08. The normalized spacial score (nSPS) is 30.6. The molecule has 12 heteroatoms. The second-order valence-electron chi connectivity index (χ2n) is 8.55. The van der Waals surface area contributed by atoms with E-state index < -0.39 is 75.5 Å². The maximum Gasteiger partial charge on any atom is 2.00 e. The van der Waals surface area contributed by atoms with E-state index in [4.69, 9.17) is 17.3 Å². The predicted octanol–water partition coefficient (Wildman–Crippen LogP) is -0.0969. The summed E-state index contributed by atoms with van der Waals surface area (Å²) in [5.74, 6) is -9.18. The first-order valence-electron chi connectivity index (χ1n) is 9.81. The molecule has 1 aromatic rings. The molecule has 5 atom stereocenters. The Morgan fingerprint density at radius 2 is 1.79 bits per heavy atom. The van der Waals surface area contributed by atoms with Crippen LogP contribution in [0.15, 0.2) is 35.6 Å². The Labute approximate surface area is 231 Å². The van der Waals surface area contributed by atoms with Gasteiger partial charge in [-0.3, -0.25) is 19.3 Å². The fraction of sp³-hybridized carbons (Fsp3) is 0.318. The van der Waals surface area contributed by atoms with Crippen molar-refractivity contribution in [3.63, 3.8) is 0 Å². The van der Waals surface area contributed by atoms with Crippen molar-refractivity contribution in [2.75, 3.05) is 14.1 Å². The van der Waals surface area contributed by atoms with Gasteiger partial charge in [-0.05, 0) is 31.8 Å². The van der Waals surface area contributed by atoms with E-state index in [1.807, 2.05) is 0 Å². The van der Waals surface area contributed by atoms with Crippen LogP contribution >= 0.6 is 11.6 Å². The van der Waals surface area contributed by atoms with Gasteiger partial charge in [-0.1, -0.05) is 18.2 Å². The number of amides is 1. The molecule has 178 valence electrons. The van der Waals surface area contributed by atoms with Gasteiger partial charge in [0.05, 0.1) is 29.2 Å². The van der Waals surface area contributed by atoms with Gasteiger partial charge in [0.1, 0.15) is 22.8 Å². The first-order chi connectivity index (χ1) is 15.3. The number of Topliss-reactive ketones (excluding diaryl/α,β-unsaturated/α-hetero) is 2. The molecule has 0 radical (unpaired) electrons. The van der Waals surface area contributed by atoms with Gasteiger partial charge in [0.15, 0.2) is 11.4 Å². The molecule has 0 aromatic heterocycles. The summed E-state index contributed by atoms with van der Waals surface area (Å²) < 4.78 is 0. The van der Waals surface area contributed by atoms with Crippen molar-refractivity contribution in [2.24, 2.45) is 17.6 Å². The number of benzene rings is 1. The molecular formula is C22H23CaClN2O8. The molecule has 1 aromatic carbocycles. The Hall–Kier alpha value is -1.92. The number of rotatable bonds is 2. The first kappa shape index (κ1) is 26.7. The monoisotopic (exact) mass is 518 g/mol.